The highest BCUT2D eigenvalue weighted by Crippen LogP contribution is 2.17. The molecule has 2 N–H and O–H groups in total. The van der Waals surface area contributed by atoms with Crippen molar-refractivity contribution in [3.05, 3.63) is 16.1 Å². The molecule has 2 heterocycles. The fourth-order valence-corrected chi connectivity index (χ4v) is 3.96. The van der Waals surface area contributed by atoms with Crippen molar-refractivity contribution in [2.24, 2.45) is 4.99 Å². The van der Waals surface area contributed by atoms with E-state index in [-0.39, 0.29) is 0 Å². The lowest BCUT2D eigenvalue weighted by Gasteiger charge is -2.24. The average molecular weight is 313 g/mol. The molecule has 0 aliphatic carbocycles. The number of thiazole rings is 1. The van der Waals surface area contributed by atoms with E-state index in [0.717, 1.165) is 23.9 Å². The average Bonchev–Trinajstić information content (AvgIpc) is 2.94. The van der Waals surface area contributed by atoms with Crippen LogP contribution in [0.4, 0.5) is 0 Å². The van der Waals surface area contributed by atoms with E-state index in [1.165, 1.54) is 29.2 Å². The van der Waals surface area contributed by atoms with Gasteiger partial charge in [0.05, 0.1) is 6.54 Å². The highest BCUT2D eigenvalue weighted by molar-refractivity contribution is 7.99. The summed E-state index contributed by atoms with van der Waals surface area (Å²) >= 11 is 3.79. The van der Waals surface area contributed by atoms with Crippen LogP contribution in [0.1, 0.15) is 36.6 Å². The highest BCUT2D eigenvalue weighted by atomic mass is 32.2. The number of aromatic nitrogens is 1. The van der Waals surface area contributed by atoms with Crippen molar-refractivity contribution in [2.45, 2.75) is 45.7 Å². The molecule has 6 heteroatoms. The summed E-state index contributed by atoms with van der Waals surface area (Å²) in [5.74, 6) is 3.40. The molecular formula is C14H24N4S2. The quantitative estimate of drug-likeness (QED) is 0.648. The molecule has 1 unspecified atom stereocenters. The van der Waals surface area contributed by atoms with Gasteiger partial charge in [-0.1, -0.05) is 6.92 Å². The molecule has 0 spiro atoms. The Morgan fingerprint density at radius 3 is 3.05 bits per heavy atom. The third kappa shape index (κ3) is 4.98. The largest absolute Gasteiger partial charge is 0.357 e. The lowest BCUT2D eigenvalue weighted by Crippen LogP contribution is -2.45. The minimum absolute atomic E-state index is 0.550. The van der Waals surface area contributed by atoms with Crippen molar-refractivity contribution in [3.63, 3.8) is 0 Å². The van der Waals surface area contributed by atoms with Crippen molar-refractivity contribution in [3.8, 4) is 0 Å². The molecule has 0 amide bonds. The molecule has 1 atom stereocenters. The number of aliphatic imine (C=N–C) groups is 1. The molecule has 0 saturated carbocycles. The third-order valence-electron chi connectivity index (χ3n) is 3.17. The van der Waals surface area contributed by atoms with Crippen molar-refractivity contribution in [1.29, 1.82) is 0 Å². The van der Waals surface area contributed by atoms with Gasteiger partial charge in [0.25, 0.3) is 0 Å². The third-order valence-corrected chi connectivity index (χ3v) is 5.51. The molecule has 4 nitrogen and oxygen atoms in total. The summed E-state index contributed by atoms with van der Waals surface area (Å²) in [6, 6.07) is 0.550. The maximum atomic E-state index is 4.66. The first-order chi connectivity index (χ1) is 9.81. The summed E-state index contributed by atoms with van der Waals surface area (Å²) in [5.41, 5.74) is 0. The van der Waals surface area contributed by atoms with Crippen LogP contribution in [0.25, 0.3) is 0 Å². The summed E-state index contributed by atoms with van der Waals surface area (Å²) in [7, 11) is 0. The van der Waals surface area contributed by atoms with Crippen LogP contribution in [0.5, 0.6) is 0 Å². The molecule has 1 saturated heterocycles. The molecule has 1 aliphatic heterocycles. The number of thioether (sulfide) groups is 1. The summed E-state index contributed by atoms with van der Waals surface area (Å²) in [5, 5.41) is 7.96. The van der Waals surface area contributed by atoms with Gasteiger partial charge in [0, 0.05) is 29.4 Å². The van der Waals surface area contributed by atoms with Crippen molar-refractivity contribution < 1.29 is 0 Å². The fourth-order valence-electron chi connectivity index (χ4n) is 2.10. The number of hydrogen-bond donors (Lipinski definition) is 2. The molecule has 1 aromatic rings. The Morgan fingerprint density at radius 2 is 2.40 bits per heavy atom. The van der Waals surface area contributed by atoms with Crippen molar-refractivity contribution in [2.75, 3.05) is 18.1 Å². The standard InChI is InChI=1S/C14H24N4S2/c1-3-12-8-16-13(20-12)9-17-14(15-4-2)18-11-6-5-7-19-10-11/h8,11H,3-7,9-10H2,1-2H3,(H2,15,17,18). The van der Waals surface area contributed by atoms with E-state index < -0.39 is 0 Å². The van der Waals surface area contributed by atoms with E-state index in [4.69, 9.17) is 0 Å². The molecule has 2 rings (SSSR count). The molecule has 112 valence electrons. The van der Waals surface area contributed by atoms with Gasteiger partial charge in [0.15, 0.2) is 5.96 Å². The van der Waals surface area contributed by atoms with Gasteiger partial charge in [0.1, 0.15) is 5.01 Å². The maximum absolute atomic E-state index is 4.66. The van der Waals surface area contributed by atoms with Gasteiger partial charge in [-0.2, -0.15) is 11.8 Å². The van der Waals surface area contributed by atoms with Crippen LogP contribution < -0.4 is 10.6 Å². The van der Waals surface area contributed by atoms with E-state index in [9.17, 15) is 0 Å². The Morgan fingerprint density at radius 1 is 1.50 bits per heavy atom. The zero-order valence-electron chi connectivity index (χ0n) is 12.3. The predicted octanol–water partition coefficient (Wildman–Crippen LogP) is 2.66. The minimum Gasteiger partial charge on any atom is -0.357 e. The minimum atomic E-state index is 0.550. The number of guanidine groups is 1. The van der Waals surface area contributed by atoms with Crippen LogP contribution in [0.15, 0.2) is 11.2 Å². The maximum Gasteiger partial charge on any atom is 0.191 e. The second kappa shape index (κ2) is 8.52. The SMILES string of the molecule is CCNC(=NCc1ncc(CC)s1)NC1CCCSC1. The van der Waals surface area contributed by atoms with E-state index in [2.05, 4.69) is 34.5 Å². The molecule has 1 aliphatic rings. The van der Waals surface area contributed by atoms with Gasteiger partial charge < -0.3 is 10.6 Å². The number of hydrogen-bond acceptors (Lipinski definition) is 4. The van der Waals surface area contributed by atoms with Crippen LogP contribution in [-0.4, -0.2) is 35.0 Å². The Bertz CT molecular complexity index is 425. The Kier molecular flexibility index (Phi) is 6.66. The number of nitrogens with one attached hydrogen (secondary N) is 2. The van der Waals surface area contributed by atoms with Gasteiger partial charge in [-0.05, 0) is 31.9 Å². The van der Waals surface area contributed by atoms with Gasteiger partial charge >= 0.3 is 0 Å². The number of aryl methyl sites for hydroxylation is 1. The van der Waals surface area contributed by atoms with E-state index in [1.807, 2.05) is 18.0 Å². The second-order valence-corrected chi connectivity index (χ2v) is 7.18. The molecule has 20 heavy (non-hydrogen) atoms. The Balaban J connectivity index is 1.90. The first-order valence-corrected chi connectivity index (χ1v) is 9.35. The Labute approximate surface area is 129 Å². The zero-order valence-corrected chi connectivity index (χ0v) is 13.9. The molecule has 1 aromatic heterocycles. The number of rotatable bonds is 5. The Hall–Kier alpha value is -0.750. The normalized spacial score (nSPS) is 19.9. The lowest BCUT2D eigenvalue weighted by molar-refractivity contribution is 0.582. The lowest BCUT2D eigenvalue weighted by atomic mass is 10.2. The number of nitrogens with zero attached hydrogens (tertiary/aromatic N) is 2. The summed E-state index contributed by atoms with van der Waals surface area (Å²) in [6.45, 7) is 5.82. The van der Waals surface area contributed by atoms with Crippen LogP contribution in [0, 0.1) is 0 Å². The van der Waals surface area contributed by atoms with Gasteiger partial charge in [0.2, 0.25) is 0 Å². The van der Waals surface area contributed by atoms with Crippen molar-refractivity contribution >= 4 is 29.1 Å². The molecular weight excluding hydrogens is 288 g/mol. The van der Waals surface area contributed by atoms with E-state index >= 15 is 0 Å². The summed E-state index contributed by atoms with van der Waals surface area (Å²) in [4.78, 5) is 10.4. The fraction of sp³-hybridized carbons (Fsp3) is 0.714. The predicted molar refractivity (Wildman–Crippen MR) is 89.8 cm³/mol. The van der Waals surface area contributed by atoms with E-state index in [0.29, 0.717) is 12.6 Å². The van der Waals surface area contributed by atoms with Gasteiger partial charge in [-0.3, -0.25) is 0 Å². The second-order valence-electron chi connectivity index (χ2n) is 4.83. The summed E-state index contributed by atoms with van der Waals surface area (Å²) in [6.07, 6.45) is 5.56. The van der Waals surface area contributed by atoms with Crippen LogP contribution >= 0.6 is 23.1 Å². The van der Waals surface area contributed by atoms with Gasteiger partial charge in [-0.25, -0.2) is 9.98 Å². The van der Waals surface area contributed by atoms with Crippen molar-refractivity contribution in [1.82, 2.24) is 15.6 Å². The first kappa shape index (κ1) is 15.6. The zero-order chi connectivity index (χ0) is 14.2. The topological polar surface area (TPSA) is 49.3 Å². The monoisotopic (exact) mass is 312 g/mol. The molecule has 0 bridgehead atoms. The van der Waals surface area contributed by atoms with Gasteiger partial charge in [-0.15, -0.1) is 11.3 Å². The van der Waals surface area contributed by atoms with Crippen LogP contribution in [0.2, 0.25) is 0 Å². The van der Waals surface area contributed by atoms with Crippen LogP contribution in [-0.2, 0) is 13.0 Å². The molecule has 0 radical (unpaired) electrons. The smallest absolute Gasteiger partial charge is 0.191 e. The van der Waals surface area contributed by atoms with Crippen LogP contribution in [0.3, 0.4) is 0 Å². The first-order valence-electron chi connectivity index (χ1n) is 7.38. The van der Waals surface area contributed by atoms with E-state index in [1.54, 1.807) is 11.3 Å². The molecule has 1 fully saturated rings. The summed E-state index contributed by atoms with van der Waals surface area (Å²) < 4.78 is 0. The highest BCUT2D eigenvalue weighted by Gasteiger charge is 2.14. The molecule has 0 aromatic carbocycles.